The van der Waals surface area contributed by atoms with Crippen molar-refractivity contribution < 1.29 is 4.79 Å². The first-order valence-electron chi connectivity index (χ1n) is 12.0. The SMILES string of the molecule is Cc1cc2nc(NCc3cnn(C)c3)c3ncc(-c4ccc(C(=O)NC5CC5)c(Cl)c4)n3c2cc1C. The number of hydrogen-bond acceptors (Lipinski definition) is 5. The Hall–Kier alpha value is -3.91. The highest BCUT2D eigenvalue weighted by Crippen LogP contribution is 2.32. The first-order valence-corrected chi connectivity index (χ1v) is 12.4. The van der Waals surface area contributed by atoms with Crippen LogP contribution in [0.3, 0.4) is 0 Å². The van der Waals surface area contributed by atoms with Crippen molar-refractivity contribution in [2.45, 2.75) is 39.3 Å². The number of halogens is 1. The predicted octanol–water partition coefficient (Wildman–Crippen LogP) is 5.06. The van der Waals surface area contributed by atoms with Crippen molar-refractivity contribution in [3.63, 3.8) is 0 Å². The van der Waals surface area contributed by atoms with Crippen LogP contribution in [0.15, 0.2) is 48.9 Å². The Labute approximate surface area is 213 Å². The van der Waals surface area contributed by atoms with Gasteiger partial charge in [0.05, 0.1) is 39.7 Å². The Kier molecular flexibility index (Phi) is 5.41. The number of nitrogens with one attached hydrogen (secondary N) is 2. The van der Waals surface area contributed by atoms with Crippen LogP contribution in [0.2, 0.25) is 5.02 Å². The Balaban J connectivity index is 1.46. The van der Waals surface area contributed by atoms with E-state index in [4.69, 9.17) is 21.6 Å². The average Bonchev–Trinajstić information content (AvgIpc) is 3.38. The summed E-state index contributed by atoms with van der Waals surface area (Å²) in [7, 11) is 1.90. The molecule has 1 fully saturated rings. The molecule has 182 valence electrons. The van der Waals surface area contributed by atoms with E-state index in [9.17, 15) is 4.79 Å². The molecule has 1 amide bonds. The molecule has 3 aromatic heterocycles. The first kappa shape index (κ1) is 22.5. The topological polar surface area (TPSA) is 89.1 Å². The van der Waals surface area contributed by atoms with Crippen molar-refractivity contribution >= 4 is 40.0 Å². The van der Waals surface area contributed by atoms with E-state index in [0.717, 1.165) is 46.3 Å². The second-order valence-corrected chi connectivity index (χ2v) is 9.91. The van der Waals surface area contributed by atoms with E-state index in [0.29, 0.717) is 22.9 Å². The standard InChI is InChI=1S/C27H26ClN7O/c1-15-8-22-23(9-16(15)2)35-24(18-4-7-20(21(28)10-18)27(36)32-19-5-6-19)13-30-26(35)25(33-22)29-11-17-12-31-34(3)14-17/h4,7-10,12-14,19H,5-6,11H2,1-3H3,(H,29,33)(H,32,36). The number of imidazole rings is 1. The van der Waals surface area contributed by atoms with Crippen LogP contribution < -0.4 is 10.6 Å². The van der Waals surface area contributed by atoms with Crippen LogP contribution in [-0.2, 0) is 13.6 Å². The van der Waals surface area contributed by atoms with Gasteiger partial charge in [-0.15, -0.1) is 0 Å². The smallest absolute Gasteiger partial charge is 0.253 e. The van der Waals surface area contributed by atoms with Crippen LogP contribution in [0.1, 0.15) is 39.9 Å². The zero-order valence-corrected chi connectivity index (χ0v) is 21.1. The summed E-state index contributed by atoms with van der Waals surface area (Å²) in [5.74, 6) is 0.558. The highest BCUT2D eigenvalue weighted by atomic mass is 35.5. The summed E-state index contributed by atoms with van der Waals surface area (Å²) in [6, 6.07) is 10.1. The lowest BCUT2D eigenvalue weighted by Gasteiger charge is -2.13. The number of aryl methyl sites for hydroxylation is 3. The summed E-state index contributed by atoms with van der Waals surface area (Å²) in [4.78, 5) is 22.2. The third-order valence-electron chi connectivity index (χ3n) is 6.68. The minimum absolute atomic E-state index is 0.130. The minimum Gasteiger partial charge on any atom is -0.363 e. The maximum atomic E-state index is 12.6. The molecule has 3 heterocycles. The van der Waals surface area contributed by atoms with Crippen LogP contribution in [-0.4, -0.2) is 36.1 Å². The number of rotatable bonds is 6. The Bertz CT molecular complexity index is 1650. The number of anilines is 1. The predicted molar refractivity (Wildman–Crippen MR) is 141 cm³/mol. The van der Waals surface area contributed by atoms with Crippen LogP contribution in [0.25, 0.3) is 27.9 Å². The molecule has 1 aliphatic carbocycles. The van der Waals surface area contributed by atoms with Gasteiger partial charge >= 0.3 is 0 Å². The van der Waals surface area contributed by atoms with Gasteiger partial charge in [0.1, 0.15) is 0 Å². The Morgan fingerprint density at radius 1 is 1.14 bits per heavy atom. The van der Waals surface area contributed by atoms with Gasteiger partial charge in [-0.25, -0.2) is 9.97 Å². The van der Waals surface area contributed by atoms with Gasteiger partial charge < -0.3 is 10.6 Å². The van der Waals surface area contributed by atoms with E-state index in [1.165, 1.54) is 11.1 Å². The van der Waals surface area contributed by atoms with E-state index < -0.39 is 0 Å². The van der Waals surface area contributed by atoms with Crippen molar-refractivity contribution in [2.24, 2.45) is 7.05 Å². The monoisotopic (exact) mass is 499 g/mol. The lowest BCUT2D eigenvalue weighted by atomic mass is 10.1. The second kappa shape index (κ2) is 8.64. The molecular formula is C27H26ClN7O. The maximum Gasteiger partial charge on any atom is 0.253 e. The first-order chi connectivity index (χ1) is 17.4. The summed E-state index contributed by atoms with van der Waals surface area (Å²) in [5, 5.41) is 11.1. The molecule has 2 aromatic carbocycles. The molecule has 0 spiro atoms. The third-order valence-corrected chi connectivity index (χ3v) is 6.99. The van der Waals surface area contributed by atoms with E-state index in [1.807, 2.05) is 37.8 Å². The molecule has 1 aliphatic rings. The molecule has 0 radical (unpaired) electrons. The summed E-state index contributed by atoms with van der Waals surface area (Å²) in [6.07, 6.45) is 7.69. The number of hydrogen-bond donors (Lipinski definition) is 2. The molecule has 6 rings (SSSR count). The molecule has 0 bridgehead atoms. The van der Waals surface area contributed by atoms with Crippen molar-refractivity contribution in [3.05, 3.63) is 76.2 Å². The summed E-state index contributed by atoms with van der Waals surface area (Å²) >= 11 is 6.59. The molecular weight excluding hydrogens is 474 g/mol. The zero-order valence-electron chi connectivity index (χ0n) is 20.3. The van der Waals surface area contributed by atoms with Crippen molar-refractivity contribution in [3.8, 4) is 11.3 Å². The number of fused-ring (bicyclic) bond motifs is 3. The highest BCUT2D eigenvalue weighted by Gasteiger charge is 2.25. The highest BCUT2D eigenvalue weighted by molar-refractivity contribution is 6.34. The maximum absolute atomic E-state index is 12.6. The number of nitrogens with zero attached hydrogens (tertiary/aromatic N) is 5. The molecule has 5 aromatic rings. The summed E-state index contributed by atoms with van der Waals surface area (Å²) in [5.41, 5.74) is 8.17. The Morgan fingerprint density at radius 3 is 2.67 bits per heavy atom. The molecule has 36 heavy (non-hydrogen) atoms. The summed E-state index contributed by atoms with van der Waals surface area (Å²) in [6.45, 7) is 4.75. The normalized spacial score (nSPS) is 13.4. The molecule has 0 aliphatic heterocycles. The minimum atomic E-state index is -0.130. The van der Waals surface area contributed by atoms with Gasteiger partial charge in [0.25, 0.3) is 5.91 Å². The van der Waals surface area contributed by atoms with Crippen molar-refractivity contribution in [2.75, 3.05) is 5.32 Å². The number of aromatic nitrogens is 5. The van der Waals surface area contributed by atoms with Gasteiger partial charge in [0.2, 0.25) is 0 Å². The van der Waals surface area contributed by atoms with Gasteiger partial charge in [-0.3, -0.25) is 13.9 Å². The number of carbonyl (C=O) groups is 1. The third kappa shape index (κ3) is 4.07. The second-order valence-electron chi connectivity index (χ2n) is 9.51. The summed E-state index contributed by atoms with van der Waals surface area (Å²) < 4.78 is 3.88. The van der Waals surface area contributed by atoms with Crippen molar-refractivity contribution in [1.82, 2.24) is 29.5 Å². The fourth-order valence-corrected chi connectivity index (χ4v) is 4.67. The zero-order chi connectivity index (χ0) is 25.0. The van der Waals surface area contributed by atoms with E-state index in [-0.39, 0.29) is 11.9 Å². The molecule has 0 saturated heterocycles. The van der Waals surface area contributed by atoms with Gasteiger partial charge in [0.15, 0.2) is 11.5 Å². The fourth-order valence-electron chi connectivity index (χ4n) is 4.41. The van der Waals surface area contributed by atoms with Crippen LogP contribution in [0.4, 0.5) is 5.82 Å². The quantitative estimate of drug-likeness (QED) is 0.341. The molecule has 1 saturated carbocycles. The number of carbonyl (C=O) groups excluding carboxylic acids is 1. The lowest BCUT2D eigenvalue weighted by Crippen LogP contribution is -2.25. The molecule has 0 atom stereocenters. The van der Waals surface area contributed by atoms with Gasteiger partial charge in [-0.05, 0) is 62.1 Å². The van der Waals surface area contributed by atoms with Gasteiger partial charge in [-0.1, -0.05) is 17.7 Å². The van der Waals surface area contributed by atoms with Crippen LogP contribution in [0, 0.1) is 13.8 Å². The van der Waals surface area contributed by atoms with Gasteiger partial charge in [-0.2, -0.15) is 5.10 Å². The van der Waals surface area contributed by atoms with Crippen LogP contribution >= 0.6 is 11.6 Å². The lowest BCUT2D eigenvalue weighted by molar-refractivity contribution is 0.0951. The van der Waals surface area contributed by atoms with E-state index in [1.54, 1.807) is 10.7 Å². The molecule has 8 nitrogen and oxygen atoms in total. The largest absolute Gasteiger partial charge is 0.363 e. The number of benzene rings is 2. The number of amides is 1. The van der Waals surface area contributed by atoms with E-state index >= 15 is 0 Å². The average molecular weight is 500 g/mol. The van der Waals surface area contributed by atoms with E-state index in [2.05, 4.69) is 46.1 Å². The molecule has 0 unspecified atom stereocenters. The Morgan fingerprint density at radius 2 is 1.94 bits per heavy atom. The fraction of sp³-hybridized carbons (Fsp3) is 0.259. The van der Waals surface area contributed by atoms with Gasteiger partial charge in [0, 0.05) is 37.0 Å². The molecule has 2 N–H and O–H groups in total. The van der Waals surface area contributed by atoms with Crippen molar-refractivity contribution in [1.29, 1.82) is 0 Å². The molecule has 9 heteroatoms. The van der Waals surface area contributed by atoms with Crippen LogP contribution in [0.5, 0.6) is 0 Å².